The summed E-state index contributed by atoms with van der Waals surface area (Å²) in [5, 5.41) is 0. The van der Waals surface area contributed by atoms with Gasteiger partial charge in [-0.15, -0.1) is 0 Å². The Kier molecular flexibility index (Phi) is 4.24. The molecule has 2 aromatic carbocycles. The SMILES string of the molecule is CN(Cc1ccc(F)cc1)c1cc(F)c(I)cc1N. The maximum absolute atomic E-state index is 13.6. The number of benzene rings is 2. The highest BCUT2D eigenvalue weighted by molar-refractivity contribution is 14.1. The van der Waals surface area contributed by atoms with Crippen LogP contribution in [0.5, 0.6) is 0 Å². The minimum atomic E-state index is -0.296. The third kappa shape index (κ3) is 3.34. The molecule has 2 rings (SSSR count). The summed E-state index contributed by atoms with van der Waals surface area (Å²) < 4.78 is 26.9. The Bertz CT molecular complexity index is 585. The van der Waals surface area contributed by atoms with Gasteiger partial charge in [0, 0.05) is 19.7 Å². The maximum atomic E-state index is 13.6. The lowest BCUT2D eigenvalue weighted by atomic mass is 10.2. The Hall–Kier alpha value is -1.37. The minimum Gasteiger partial charge on any atom is -0.397 e. The predicted molar refractivity (Wildman–Crippen MR) is 82.0 cm³/mol. The van der Waals surface area contributed by atoms with E-state index in [2.05, 4.69) is 0 Å². The van der Waals surface area contributed by atoms with Gasteiger partial charge in [0.25, 0.3) is 0 Å². The van der Waals surface area contributed by atoms with Crippen LogP contribution in [0.3, 0.4) is 0 Å². The Labute approximate surface area is 124 Å². The average Bonchev–Trinajstić information content (AvgIpc) is 2.36. The molecule has 0 saturated carbocycles. The summed E-state index contributed by atoms with van der Waals surface area (Å²) in [5.74, 6) is -0.568. The highest BCUT2D eigenvalue weighted by Gasteiger charge is 2.10. The number of anilines is 2. The van der Waals surface area contributed by atoms with Crippen molar-refractivity contribution >= 4 is 34.0 Å². The molecule has 19 heavy (non-hydrogen) atoms. The van der Waals surface area contributed by atoms with Crippen molar-refractivity contribution in [3.8, 4) is 0 Å². The lowest BCUT2D eigenvalue weighted by Crippen LogP contribution is -2.18. The van der Waals surface area contributed by atoms with E-state index in [-0.39, 0.29) is 11.6 Å². The summed E-state index contributed by atoms with van der Waals surface area (Å²) in [5.41, 5.74) is 7.98. The van der Waals surface area contributed by atoms with Gasteiger partial charge in [-0.3, -0.25) is 0 Å². The number of nitrogens with two attached hydrogens (primary N) is 1. The molecule has 100 valence electrons. The second-order valence-corrected chi connectivity index (χ2v) is 5.47. The van der Waals surface area contributed by atoms with Crippen molar-refractivity contribution in [3.05, 3.63) is 57.2 Å². The summed E-state index contributed by atoms with van der Waals surface area (Å²) in [4.78, 5) is 1.84. The maximum Gasteiger partial charge on any atom is 0.138 e. The molecular formula is C14H13F2IN2. The third-order valence-electron chi connectivity index (χ3n) is 2.81. The molecule has 0 aliphatic rings. The molecule has 0 atom stereocenters. The quantitative estimate of drug-likeness (QED) is 0.655. The first-order valence-electron chi connectivity index (χ1n) is 5.67. The van der Waals surface area contributed by atoms with Gasteiger partial charge in [0.05, 0.1) is 14.9 Å². The van der Waals surface area contributed by atoms with E-state index in [1.165, 1.54) is 18.2 Å². The number of rotatable bonds is 3. The lowest BCUT2D eigenvalue weighted by Gasteiger charge is -2.21. The fourth-order valence-electron chi connectivity index (χ4n) is 1.83. The zero-order chi connectivity index (χ0) is 14.0. The predicted octanol–water partition coefficient (Wildman–Crippen LogP) is 3.79. The van der Waals surface area contributed by atoms with E-state index in [1.807, 2.05) is 34.5 Å². The van der Waals surface area contributed by atoms with Gasteiger partial charge >= 0.3 is 0 Å². The molecule has 0 radical (unpaired) electrons. The molecule has 5 heteroatoms. The summed E-state index contributed by atoms with van der Waals surface area (Å²) in [7, 11) is 1.82. The van der Waals surface area contributed by atoms with Gasteiger partial charge < -0.3 is 10.6 Å². The molecule has 0 aliphatic heterocycles. The summed E-state index contributed by atoms with van der Waals surface area (Å²) in [6, 6.07) is 9.23. The molecule has 0 unspecified atom stereocenters. The molecule has 0 fully saturated rings. The van der Waals surface area contributed by atoms with Crippen LogP contribution in [-0.4, -0.2) is 7.05 Å². The average molecular weight is 374 g/mol. The molecular weight excluding hydrogens is 361 g/mol. The van der Waals surface area contributed by atoms with Crippen molar-refractivity contribution in [2.45, 2.75) is 6.54 Å². The Morgan fingerprint density at radius 1 is 1.16 bits per heavy atom. The van der Waals surface area contributed by atoms with Crippen LogP contribution in [0.1, 0.15) is 5.56 Å². The van der Waals surface area contributed by atoms with Gasteiger partial charge in [-0.2, -0.15) is 0 Å². The molecule has 0 saturated heterocycles. The standard InChI is InChI=1S/C14H13F2IN2/c1-19(8-9-2-4-10(15)5-3-9)14-6-11(16)12(17)7-13(14)18/h2-7H,8,18H2,1H3. The lowest BCUT2D eigenvalue weighted by molar-refractivity contribution is 0.620. The number of hydrogen-bond acceptors (Lipinski definition) is 2. The fraction of sp³-hybridized carbons (Fsp3) is 0.143. The Balaban J connectivity index is 2.22. The third-order valence-corrected chi connectivity index (χ3v) is 3.64. The Morgan fingerprint density at radius 3 is 2.42 bits per heavy atom. The first kappa shape index (κ1) is 14.0. The van der Waals surface area contributed by atoms with E-state index in [1.54, 1.807) is 18.2 Å². The molecule has 0 amide bonds. The van der Waals surface area contributed by atoms with Crippen LogP contribution in [0.25, 0.3) is 0 Å². The van der Waals surface area contributed by atoms with Crippen LogP contribution in [0.15, 0.2) is 36.4 Å². The van der Waals surface area contributed by atoms with E-state index >= 15 is 0 Å². The number of nitrogen functional groups attached to an aromatic ring is 1. The monoisotopic (exact) mass is 374 g/mol. The molecule has 2 aromatic rings. The summed E-state index contributed by atoms with van der Waals surface area (Å²) >= 11 is 1.90. The van der Waals surface area contributed by atoms with Gasteiger partial charge in [-0.05, 0) is 46.4 Å². The molecule has 0 aromatic heterocycles. The van der Waals surface area contributed by atoms with Crippen LogP contribution in [0.4, 0.5) is 20.2 Å². The molecule has 0 spiro atoms. The van der Waals surface area contributed by atoms with Crippen LogP contribution >= 0.6 is 22.6 Å². The second kappa shape index (κ2) is 5.73. The molecule has 0 bridgehead atoms. The van der Waals surface area contributed by atoms with Gasteiger partial charge in [-0.1, -0.05) is 12.1 Å². The van der Waals surface area contributed by atoms with Crippen molar-refractivity contribution < 1.29 is 8.78 Å². The molecule has 0 aliphatic carbocycles. The zero-order valence-electron chi connectivity index (χ0n) is 10.3. The van der Waals surface area contributed by atoms with Crippen LogP contribution in [0.2, 0.25) is 0 Å². The zero-order valence-corrected chi connectivity index (χ0v) is 12.5. The van der Waals surface area contributed by atoms with Crippen molar-refractivity contribution in [1.82, 2.24) is 0 Å². The van der Waals surface area contributed by atoms with E-state index < -0.39 is 0 Å². The van der Waals surface area contributed by atoms with Crippen molar-refractivity contribution in [3.63, 3.8) is 0 Å². The number of nitrogens with zero attached hydrogens (tertiary/aromatic N) is 1. The van der Waals surface area contributed by atoms with E-state index in [9.17, 15) is 8.78 Å². The highest BCUT2D eigenvalue weighted by Crippen LogP contribution is 2.27. The van der Waals surface area contributed by atoms with Crippen LogP contribution in [-0.2, 0) is 6.54 Å². The first-order valence-corrected chi connectivity index (χ1v) is 6.75. The van der Waals surface area contributed by atoms with E-state index in [0.29, 0.717) is 21.5 Å². The van der Waals surface area contributed by atoms with Crippen LogP contribution in [0, 0.1) is 15.2 Å². The normalized spacial score (nSPS) is 10.5. The minimum absolute atomic E-state index is 0.272. The van der Waals surface area contributed by atoms with E-state index in [0.717, 1.165) is 5.56 Å². The topological polar surface area (TPSA) is 29.3 Å². The summed E-state index contributed by atoms with van der Waals surface area (Å²) in [6.45, 7) is 0.532. The molecule has 2 N–H and O–H groups in total. The first-order chi connectivity index (χ1) is 8.97. The largest absolute Gasteiger partial charge is 0.397 e. The van der Waals surface area contributed by atoms with Crippen LogP contribution < -0.4 is 10.6 Å². The van der Waals surface area contributed by atoms with Crippen molar-refractivity contribution in [2.75, 3.05) is 17.7 Å². The van der Waals surface area contributed by atoms with E-state index in [4.69, 9.17) is 5.73 Å². The second-order valence-electron chi connectivity index (χ2n) is 4.31. The molecule has 0 heterocycles. The van der Waals surface area contributed by atoms with Crippen molar-refractivity contribution in [2.24, 2.45) is 0 Å². The fourth-order valence-corrected chi connectivity index (χ4v) is 2.32. The number of hydrogen-bond donors (Lipinski definition) is 1. The van der Waals surface area contributed by atoms with Gasteiger partial charge in [0.1, 0.15) is 11.6 Å². The highest BCUT2D eigenvalue weighted by atomic mass is 127. The smallest absolute Gasteiger partial charge is 0.138 e. The number of halogens is 3. The van der Waals surface area contributed by atoms with Gasteiger partial charge in [0.2, 0.25) is 0 Å². The summed E-state index contributed by atoms with van der Waals surface area (Å²) in [6.07, 6.45) is 0. The van der Waals surface area contributed by atoms with Gasteiger partial charge in [-0.25, -0.2) is 8.78 Å². The van der Waals surface area contributed by atoms with Gasteiger partial charge in [0.15, 0.2) is 0 Å². The Morgan fingerprint density at radius 2 is 1.79 bits per heavy atom. The molecule has 2 nitrogen and oxygen atoms in total. The van der Waals surface area contributed by atoms with Crippen molar-refractivity contribution in [1.29, 1.82) is 0 Å².